The van der Waals surface area contributed by atoms with Crippen molar-refractivity contribution in [2.45, 2.75) is 32.6 Å². The Labute approximate surface area is 170 Å². The van der Waals surface area contributed by atoms with Crippen LogP contribution in [0, 0.1) is 0 Å². The van der Waals surface area contributed by atoms with Crippen LogP contribution in [0.25, 0.3) is 0 Å². The summed E-state index contributed by atoms with van der Waals surface area (Å²) in [5.74, 6) is 0.0589. The molecule has 152 valence electrons. The highest BCUT2D eigenvalue weighted by atomic mass is 16.5. The molecule has 1 aliphatic rings. The Kier molecular flexibility index (Phi) is 6.65. The Balaban J connectivity index is 1.50. The molecule has 0 saturated carbocycles. The lowest BCUT2D eigenvalue weighted by molar-refractivity contribution is -0.142. The third kappa shape index (κ3) is 5.02. The molecule has 1 aliphatic heterocycles. The van der Waals surface area contributed by atoms with Crippen molar-refractivity contribution >= 4 is 23.3 Å². The zero-order valence-electron chi connectivity index (χ0n) is 16.7. The number of hydrogen-bond acceptors (Lipinski definition) is 5. The van der Waals surface area contributed by atoms with Crippen LogP contribution in [-0.4, -0.2) is 37.4 Å². The largest absolute Gasteiger partial charge is 0.482 e. The van der Waals surface area contributed by atoms with Gasteiger partial charge < -0.3 is 14.4 Å². The number of ether oxygens (including phenoxy) is 2. The van der Waals surface area contributed by atoms with Gasteiger partial charge in [0.05, 0.1) is 12.1 Å². The Morgan fingerprint density at radius 2 is 1.86 bits per heavy atom. The number of hydrogen-bond donors (Lipinski definition) is 0. The predicted octanol–water partition coefficient (Wildman–Crippen LogP) is 3.74. The Bertz CT molecular complexity index is 890. The van der Waals surface area contributed by atoms with Gasteiger partial charge in [-0.25, -0.2) is 0 Å². The summed E-state index contributed by atoms with van der Waals surface area (Å²) < 4.78 is 10.5. The van der Waals surface area contributed by atoms with Gasteiger partial charge in [0.25, 0.3) is 5.91 Å². The van der Waals surface area contributed by atoms with Crippen LogP contribution in [-0.2, 0) is 14.3 Å². The first-order chi connectivity index (χ1) is 14.0. The summed E-state index contributed by atoms with van der Waals surface area (Å²) in [6.07, 6.45) is 1.03. The van der Waals surface area contributed by atoms with Crippen molar-refractivity contribution in [1.82, 2.24) is 0 Å². The van der Waals surface area contributed by atoms with Gasteiger partial charge in [-0.05, 0) is 30.0 Å². The molecule has 0 aliphatic carbocycles. The van der Waals surface area contributed by atoms with Gasteiger partial charge in [0.15, 0.2) is 19.0 Å². The normalized spacial score (nSPS) is 14.0. The summed E-state index contributed by atoms with van der Waals surface area (Å²) in [6.45, 7) is 4.06. The molecule has 6 nitrogen and oxygen atoms in total. The third-order valence-electron chi connectivity index (χ3n) is 5.13. The van der Waals surface area contributed by atoms with E-state index in [1.807, 2.05) is 18.2 Å². The van der Waals surface area contributed by atoms with Gasteiger partial charge in [0, 0.05) is 12.1 Å². The molecule has 0 saturated heterocycles. The second kappa shape index (κ2) is 9.37. The van der Waals surface area contributed by atoms with E-state index in [0.29, 0.717) is 22.9 Å². The average Bonchev–Trinajstić information content (AvgIpc) is 2.76. The van der Waals surface area contributed by atoms with Gasteiger partial charge in [0.2, 0.25) is 0 Å². The van der Waals surface area contributed by atoms with E-state index in [-0.39, 0.29) is 37.9 Å². The Hall–Kier alpha value is -3.15. The van der Waals surface area contributed by atoms with Crippen LogP contribution in [0.5, 0.6) is 5.75 Å². The van der Waals surface area contributed by atoms with Crippen LogP contribution >= 0.6 is 0 Å². The van der Waals surface area contributed by atoms with Crippen LogP contribution in [0.3, 0.4) is 0 Å². The number of para-hydroxylation sites is 2. The fourth-order valence-corrected chi connectivity index (χ4v) is 3.14. The van der Waals surface area contributed by atoms with Gasteiger partial charge >= 0.3 is 5.97 Å². The molecule has 2 aromatic rings. The minimum atomic E-state index is -0.522. The maximum absolute atomic E-state index is 12.3. The van der Waals surface area contributed by atoms with Crippen molar-refractivity contribution in [3.05, 3.63) is 59.7 Å². The highest BCUT2D eigenvalue weighted by Gasteiger charge is 2.25. The van der Waals surface area contributed by atoms with E-state index in [4.69, 9.17) is 9.47 Å². The van der Waals surface area contributed by atoms with E-state index in [1.54, 1.807) is 30.3 Å². The fraction of sp³-hybridized carbons (Fsp3) is 0.348. The first-order valence-corrected chi connectivity index (χ1v) is 9.80. The number of ketones is 1. The molecule has 0 bridgehead atoms. The zero-order valence-corrected chi connectivity index (χ0v) is 16.7. The Morgan fingerprint density at radius 1 is 1.14 bits per heavy atom. The van der Waals surface area contributed by atoms with Gasteiger partial charge in [-0.1, -0.05) is 50.2 Å². The van der Waals surface area contributed by atoms with Crippen LogP contribution in [0.15, 0.2) is 48.5 Å². The number of carbonyl (C=O) groups excluding carboxylic acids is 3. The predicted molar refractivity (Wildman–Crippen MR) is 109 cm³/mol. The van der Waals surface area contributed by atoms with Gasteiger partial charge in [0.1, 0.15) is 5.75 Å². The van der Waals surface area contributed by atoms with Crippen molar-refractivity contribution in [1.29, 1.82) is 0 Å². The van der Waals surface area contributed by atoms with Crippen molar-refractivity contribution in [3.8, 4) is 5.75 Å². The molecule has 0 fully saturated rings. The minimum Gasteiger partial charge on any atom is -0.482 e. The highest BCUT2D eigenvalue weighted by molar-refractivity contribution is 5.99. The second-order valence-electron chi connectivity index (χ2n) is 7.07. The van der Waals surface area contributed by atoms with E-state index in [2.05, 4.69) is 13.8 Å². The van der Waals surface area contributed by atoms with E-state index in [9.17, 15) is 14.4 Å². The quantitative estimate of drug-likeness (QED) is 0.503. The molecule has 1 amide bonds. The molecule has 0 aromatic heterocycles. The number of benzene rings is 2. The van der Waals surface area contributed by atoms with Crippen molar-refractivity contribution in [3.63, 3.8) is 0 Å². The zero-order chi connectivity index (χ0) is 20.8. The number of anilines is 1. The topological polar surface area (TPSA) is 72.9 Å². The first kappa shape index (κ1) is 20.6. The van der Waals surface area contributed by atoms with E-state index in [0.717, 1.165) is 6.42 Å². The maximum atomic E-state index is 12.3. The van der Waals surface area contributed by atoms with Crippen LogP contribution in [0.2, 0.25) is 0 Å². The molecular formula is C23H25NO5. The smallest absolute Gasteiger partial charge is 0.308 e. The number of esters is 1. The molecule has 6 heteroatoms. The van der Waals surface area contributed by atoms with E-state index < -0.39 is 5.97 Å². The second-order valence-corrected chi connectivity index (χ2v) is 7.07. The highest BCUT2D eigenvalue weighted by Crippen LogP contribution is 2.31. The molecule has 1 atom stereocenters. The summed E-state index contributed by atoms with van der Waals surface area (Å²) in [7, 11) is 0. The fourth-order valence-electron chi connectivity index (χ4n) is 3.14. The molecule has 3 rings (SSSR count). The SMILES string of the molecule is CC[C@H](C)c1ccc(C(=O)COC(=O)CCN2C(=O)COc3ccccc32)cc1. The molecule has 0 radical (unpaired) electrons. The number of amides is 1. The number of carbonyl (C=O) groups is 3. The lowest BCUT2D eigenvalue weighted by Gasteiger charge is -2.28. The molecule has 29 heavy (non-hydrogen) atoms. The van der Waals surface area contributed by atoms with Crippen LogP contribution < -0.4 is 9.64 Å². The number of nitrogens with zero attached hydrogens (tertiary/aromatic N) is 1. The summed E-state index contributed by atoms with van der Waals surface area (Å²) in [6, 6.07) is 14.6. The lowest BCUT2D eigenvalue weighted by atomic mass is 9.97. The molecule has 0 spiro atoms. The average molecular weight is 395 g/mol. The van der Waals surface area contributed by atoms with Gasteiger partial charge in [-0.2, -0.15) is 0 Å². The minimum absolute atomic E-state index is 0.000304. The van der Waals surface area contributed by atoms with Gasteiger partial charge in [-0.15, -0.1) is 0 Å². The van der Waals surface area contributed by atoms with Crippen molar-refractivity contribution < 1.29 is 23.9 Å². The van der Waals surface area contributed by atoms with E-state index >= 15 is 0 Å². The van der Waals surface area contributed by atoms with Crippen LogP contribution in [0.1, 0.15) is 48.5 Å². The molecular weight excluding hydrogens is 370 g/mol. The van der Waals surface area contributed by atoms with Gasteiger partial charge in [-0.3, -0.25) is 14.4 Å². The number of Topliss-reactive ketones (excluding diaryl/α,β-unsaturated/α-hetero) is 1. The molecule has 1 heterocycles. The monoisotopic (exact) mass is 395 g/mol. The molecule has 2 aromatic carbocycles. The van der Waals surface area contributed by atoms with Crippen molar-refractivity contribution in [2.75, 3.05) is 24.7 Å². The maximum Gasteiger partial charge on any atom is 0.308 e. The third-order valence-corrected chi connectivity index (χ3v) is 5.13. The lowest BCUT2D eigenvalue weighted by Crippen LogP contribution is -2.40. The summed E-state index contributed by atoms with van der Waals surface area (Å²) >= 11 is 0. The summed E-state index contributed by atoms with van der Waals surface area (Å²) in [5, 5.41) is 0. The standard InChI is InChI=1S/C23H25NO5/c1-3-16(2)17-8-10-18(11-9-17)20(25)14-29-23(27)12-13-24-19-6-4-5-7-21(19)28-15-22(24)26/h4-11,16H,3,12-15H2,1-2H3/t16-/m0/s1. The first-order valence-electron chi connectivity index (χ1n) is 9.80. The summed E-state index contributed by atoms with van der Waals surface area (Å²) in [5.41, 5.74) is 2.33. The Morgan fingerprint density at radius 3 is 2.59 bits per heavy atom. The van der Waals surface area contributed by atoms with Crippen molar-refractivity contribution in [2.24, 2.45) is 0 Å². The molecule has 0 unspecified atom stereocenters. The summed E-state index contributed by atoms with van der Waals surface area (Å²) in [4.78, 5) is 38.0. The van der Waals surface area contributed by atoms with Crippen LogP contribution in [0.4, 0.5) is 5.69 Å². The number of rotatable bonds is 8. The number of fused-ring (bicyclic) bond motifs is 1. The molecule has 0 N–H and O–H groups in total. The van der Waals surface area contributed by atoms with E-state index in [1.165, 1.54) is 10.5 Å².